The van der Waals surface area contributed by atoms with Crippen LogP contribution in [-0.4, -0.2) is 23.8 Å². The van der Waals surface area contributed by atoms with Gasteiger partial charge in [0, 0.05) is 5.56 Å². The lowest BCUT2D eigenvalue weighted by Gasteiger charge is -1.99. The third-order valence-corrected chi connectivity index (χ3v) is 2.32. The van der Waals surface area contributed by atoms with Crippen LogP contribution in [0.1, 0.15) is 12.8 Å². The van der Waals surface area contributed by atoms with Crippen LogP contribution in [-0.2, 0) is 6.54 Å². The third kappa shape index (κ3) is 2.82. The van der Waals surface area contributed by atoms with Crippen molar-refractivity contribution in [3.63, 3.8) is 0 Å². The molecule has 5 heteroatoms. The summed E-state index contributed by atoms with van der Waals surface area (Å²) in [6.07, 6.45) is 0. The third-order valence-electron chi connectivity index (χ3n) is 2.32. The minimum Gasteiger partial charge on any atom is -0.497 e. The lowest BCUT2D eigenvalue weighted by atomic mass is 10.2. The molecule has 5 nitrogen and oxygen atoms in total. The van der Waals surface area contributed by atoms with Crippen LogP contribution in [0.25, 0.3) is 11.4 Å². The van der Waals surface area contributed by atoms with E-state index < -0.39 is 0 Å². The van der Waals surface area contributed by atoms with Crippen molar-refractivity contribution in [2.45, 2.75) is 13.5 Å². The van der Waals surface area contributed by atoms with E-state index in [4.69, 9.17) is 9.26 Å². The van der Waals surface area contributed by atoms with Crippen LogP contribution < -0.4 is 10.1 Å². The molecular weight excluding hydrogens is 218 g/mol. The Hall–Kier alpha value is -1.88. The van der Waals surface area contributed by atoms with Gasteiger partial charge in [-0.2, -0.15) is 4.98 Å². The summed E-state index contributed by atoms with van der Waals surface area (Å²) in [6.45, 7) is 3.49. The van der Waals surface area contributed by atoms with Gasteiger partial charge in [0.2, 0.25) is 11.7 Å². The van der Waals surface area contributed by atoms with Crippen LogP contribution in [0.5, 0.6) is 5.75 Å². The Labute approximate surface area is 99.8 Å². The summed E-state index contributed by atoms with van der Waals surface area (Å²) in [7, 11) is 1.63. The van der Waals surface area contributed by atoms with Crippen LogP contribution in [0.3, 0.4) is 0 Å². The van der Waals surface area contributed by atoms with E-state index in [2.05, 4.69) is 15.5 Å². The van der Waals surface area contributed by atoms with Gasteiger partial charge in [-0.15, -0.1) is 0 Å². The number of nitrogens with one attached hydrogen (secondary N) is 1. The molecule has 2 rings (SSSR count). The molecule has 90 valence electrons. The van der Waals surface area contributed by atoms with Crippen LogP contribution >= 0.6 is 0 Å². The second kappa shape index (κ2) is 5.45. The summed E-state index contributed by atoms with van der Waals surface area (Å²) in [5.74, 6) is 1.95. The van der Waals surface area contributed by atoms with E-state index in [1.807, 2.05) is 31.2 Å². The summed E-state index contributed by atoms with van der Waals surface area (Å²) in [4.78, 5) is 4.30. The van der Waals surface area contributed by atoms with Gasteiger partial charge in [-0.05, 0) is 18.7 Å². The van der Waals surface area contributed by atoms with Gasteiger partial charge in [-0.3, -0.25) is 0 Å². The number of aromatic nitrogens is 2. The Morgan fingerprint density at radius 1 is 1.41 bits per heavy atom. The second-order valence-electron chi connectivity index (χ2n) is 3.52. The number of methoxy groups -OCH3 is 1. The fraction of sp³-hybridized carbons (Fsp3) is 0.333. The van der Waals surface area contributed by atoms with Crippen LogP contribution in [0, 0.1) is 0 Å². The Bertz CT molecular complexity index is 482. The molecular formula is C12H15N3O2. The molecule has 0 bridgehead atoms. The first-order valence-electron chi connectivity index (χ1n) is 5.51. The van der Waals surface area contributed by atoms with Crippen LogP contribution in [0.15, 0.2) is 28.8 Å². The molecule has 0 atom stereocenters. The van der Waals surface area contributed by atoms with E-state index in [-0.39, 0.29) is 0 Å². The summed E-state index contributed by atoms with van der Waals surface area (Å²) in [5, 5.41) is 7.06. The maximum absolute atomic E-state index is 5.15. The number of hydrogen-bond donors (Lipinski definition) is 1. The molecule has 0 amide bonds. The van der Waals surface area contributed by atoms with E-state index in [1.54, 1.807) is 7.11 Å². The number of hydrogen-bond acceptors (Lipinski definition) is 5. The fourth-order valence-corrected chi connectivity index (χ4v) is 1.44. The Morgan fingerprint density at radius 3 is 3.06 bits per heavy atom. The molecule has 0 saturated heterocycles. The topological polar surface area (TPSA) is 60.2 Å². The highest BCUT2D eigenvalue weighted by atomic mass is 16.5. The van der Waals surface area contributed by atoms with E-state index in [0.717, 1.165) is 17.9 Å². The first kappa shape index (κ1) is 11.6. The van der Waals surface area contributed by atoms with Crippen LogP contribution in [0.4, 0.5) is 0 Å². The number of benzene rings is 1. The van der Waals surface area contributed by atoms with Gasteiger partial charge in [0.15, 0.2) is 0 Å². The van der Waals surface area contributed by atoms with E-state index in [0.29, 0.717) is 18.3 Å². The molecule has 0 spiro atoms. The van der Waals surface area contributed by atoms with Crippen molar-refractivity contribution < 1.29 is 9.26 Å². The monoisotopic (exact) mass is 233 g/mol. The highest BCUT2D eigenvalue weighted by Crippen LogP contribution is 2.20. The minimum absolute atomic E-state index is 0.580. The van der Waals surface area contributed by atoms with Crippen molar-refractivity contribution >= 4 is 0 Å². The van der Waals surface area contributed by atoms with Crippen molar-refractivity contribution in [2.75, 3.05) is 13.7 Å². The Kier molecular flexibility index (Phi) is 3.72. The molecule has 0 radical (unpaired) electrons. The summed E-state index contributed by atoms with van der Waals surface area (Å²) in [6, 6.07) is 7.57. The van der Waals surface area contributed by atoms with Crippen molar-refractivity contribution in [1.29, 1.82) is 0 Å². The average Bonchev–Trinajstić information content (AvgIpc) is 2.85. The molecule has 0 unspecified atom stereocenters. The molecule has 17 heavy (non-hydrogen) atoms. The summed E-state index contributed by atoms with van der Waals surface area (Å²) in [5.41, 5.74) is 0.885. The fourth-order valence-electron chi connectivity index (χ4n) is 1.44. The highest BCUT2D eigenvalue weighted by molar-refractivity contribution is 5.56. The normalized spacial score (nSPS) is 10.5. The predicted octanol–water partition coefficient (Wildman–Crippen LogP) is 1.85. The lowest BCUT2D eigenvalue weighted by molar-refractivity contribution is 0.369. The Morgan fingerprint density at radius 2 is 2.29 bits per heavy atom. The van der Waals surface area contributed by atoms with Crippen molar-refractivity contribution in [1.82, 2.24) is 15.5 Å². The molecule has 2 aromatic rings. The van der Waals surface area contributed by atoms with Gasteiger partial charge < -0.3 is 14.6 Å². The van der Waals surface area contributed by atoms with Crippen molar-refractivity contribution in [3.8, 4) is 17.1 Å². The van der Waals surface area contributed by atoms with E-state index in [1.165, 1.54) is 0 Å². The standard InChI is InChI=1S/C12H15N3O2/c1-3-13-8-11-14-12(15-17-11)9-5-4-6-10(7-9)16-2/h4-7,13H,3,8H2,1-2H3. The highest BCUT2D eigenvalue weighted by Gasteiger charge is 2.08. The molecule has 1 aromatic heterocycles. The maximum atomic E-state index is 5.15. The molecule has 0 saturated carbocycles. The molecule has 0 aliphatic rings. The zero-order chi connectivity index (χ0) is 12.1. The smallest absolute Gasteiger partial charge is 0.240 e. The molecule has 0 aliphatic carbocycles. The molecule has 1 N–H and O–H groups in total. The van der Waals surface area contributed by atoms with Crippen LogP contribution in [0.2, 0.25) is 0 Å². The minimum atomic E-state index is 0.580. The van der Waals surface area contributed by atoms with E-state index >= 15 is 0 Å². The lowest BCUT2D eigenvalue weighted by Crippen LogP contribution is -2.11. The Balaban J connectivity index is 2.18. The van der Waals surface area contributed by atoms with Gasteiger partial charge in [-0.1, -0.05) is 24.2 Å². The average molecular weight is 233 g/mol. The van der Waals surface area contributed by atoms with Gasteiger partial charge >= 0.3 is 0 Å². The van der Waals surface area contributed by atoms with Gasteiger partial charge in [0.25, 0.3) is 0 Å². The largest absolute Gasteiger partial charge is 0.497 e. The SMILES string of the molecule is CCNCc1nc(-c2cccc(OC)c2)no1. The number of rotatable bonds is 5. The summed E-state index contributed by atoms with van der Waals surface area (Å²) >= 11 is 0. The summed E-state index contributed by atoms with van der Waals surface area (Å²) < 4.78 is 10.3. The quantitative estimate of drug-likeness (QED) is 0.854. The predicted molar refractivity (Wildman–Crippen MR) is 63.7 cm³/mol. The molecule has 1 aromatic carbocycles. The molecule has 1 heterocycles. The molecule has 0 fully saturated rings. The van der Waals surface area contributed by atoms with Gasteiger partial charge in [-0.25, -0.2) is 0 Å². The van der Waals surface area contributed by atoms with Crippen molar-refractivity contribution in [3.05, 3.63) is 30.2 Å². The second-order valence-corrected chi connectivity index (χ2v) is 3.52. The first-order chi connectivity index (χ1) is 8.33. The maximum Gasteiger partial charge on any atom is 0.240 e. The first-order valence-corrected chi connectivity index (χ1v) is 5.51. The zero-order valence-corrected chi connectivity index (χ0v) is 9.93. The van der Waals surface area contributed by atoms with Crippen molar-refractivity contribution in [2.24, 2.45) is 0 Å². The van der Waals surface area contributed by atoms with E-state index in [9.17, 15) is 0 Å². The number of nitrogens with zero attached hydrogens (tertiary/aromatic N) is 2. The molecule has 0 aliphatic heterocycles. The number of ether oxygens (including phenoxy) is 1. The van der Waals surface area contributed by atoms with Gasteiger partial charge in [0.1, 0.15) is 5.75 Å². The zero-order valence-electron chi connectivity index (χ0n) is 9.93. The van der Waals surface area contributed by atoms with Gasteiger partial charge in [0.05, 0.1) is 13.7 Å².